The highest BCUT2D eigenvalue weighted by Gasteiger charge is 2.18. The summed E-state index contributed by atoms with van der Waals surface area (Å²) in [6, 6.07) is 14.9. The Kier molecular flexibility index (Phi) is 4.24. The van der Waals surface area contributed by atoms with E-state index < -0.39 is 0 Å². The summed E-state index contributed by atoms with van der Waals surface area (Å²) in [5.41, 5.74) is 5.24. The van der Waals surface area contributed by atoms with E-state index in [1.807, 2.05) is 0 Å². The van der Waals surface area contributed by atoms with E-state index in [9.17, 15) is 0 Å². The zero-order chi connectivity index (χ0) is 14.7. The van der Waals surface area contributed by atoms with Gasteiger partial charge in [0.15, 0.2) is 0 Å². The van der Waals surface area contributed by atoms with Crippen molar-refractivity contribution in [1.29, 1.82) is 0 Å². The van der Waals surface area contributed by atoms with Crippen LogP contribution in [0.3, 0.4) is 0 Å². The second kappa shape index (κ2) is 6.30. The van der Waals surface area contributed by atoms with Crippen molar-refractivity contribution in [2.24, 2.45) is 5.84 Å². The first kappa shape index (κ1) is 14.1. The Morgan fingerprint density at radius 2 is 2.00 bits per heavy atom. The van der Waals surface area contributed by atoms with Crippen molar-refractivity contribution < 1.29 is 0 Å². The lowest BCUT2D eigenvalue weighted by Gasteiger charge is -2.16. The molecule has 1 aromatic heterocycles. The highest BCUT2D eigenvalue weighted by Crippen LogP contribution is 2.27. The third-order valence-electron chi connectivity index (χ3n) is 3.74. The van der Waals surface area contributed by atoms with Crippen molar-refractivity contribution >= 4 is 22.3 Å². The molecule has 21 heavy (non-hydrogen) atoms. The van der Waals surface area contributed by atoms with E-state index in [1.54, 1.807) is 0 Å². The van der Waals surface area contributed by atoms with Gasteiger partial charge in [0.2, 0.25) is 0 Å². The first-order chi connectivity index (χ1) is 10.3. The average Bonchev–Trinajstić information content (AvgIpc) is 3.01. The third kappa shape index (κ3) is 2.81. The first-order valence-electron chi connectivity index (χ1n) is 7.07. The number of hydrogen-bond donors (Lipinski definition) is 2. The van der Waals surface area contributed by atoms with E-state index in [2.05, 4.69) is 64.4 Å². The van der Waals surface area contributed by atoms with E-state index in [0.29, 0.717) is 0 Å². The third-order valence-corrected chi connectivity index (χ3v) is 4.62. The minimum absolute atomic E-state index is 0.0470. The molecule has 5 heteroatoms. The average molecular weight is 298 g/mol. The van der Waals surface area contributed by atoms with Crippen LogP contribution in [0.15, 0.2) is 42.5 Å². The lowest BCUT2D eigenvalue weighted by molar-refractivity contribution is 0.557. The van der Waals surface area contributed by atoms with E-state index in [0.717, 1.165) is 23.4 Å². The molecular weight excluding hydrogens is 280 g/mol. The molecule has 108 valence electrons. The second-order valence-corrected chi connectivity index (χ2v) is 5.78. The van der Waals surface area contributed by atoms with Crippen molar-refractivity contribution in [1.82, 2.24) is 15.0 Å². The van der Waals surface area contributed by atoms with Gasteiger partial charge in [0.25, 0.3) is 0 Å². The molecule has 0 amide bonds. The number of nitrogens with one attached hydrogen (secondary N) is 1. The fraction of sp³-hybridized carbons (Fsp3) is 0.250. The van der Waals surface area contributed by atoms with Crippen molar-refractivity contribution in [3.8, 4) is 0 Å². The summed E-state index contributed by atoms with van der Waals surface area (Å²) >= 11 is 1.43. The number of hydrogen-bond acceptors (Lipinski definition) is 5. The summed E-state index contributed by atoms with van der Waals surface area (Å²) in [7, 11) is 0. The molecule has 0 bridgehead atoms. The van der Waals surface area contributed by atoms with Crippen molar-refractivity contribution in [3.05, 3.63) is 58.6 Å². The Labute approximate surface area is 128 Å². The molecule has 0 saturated carbocycles. The lowest BCUT2D eigenvalue weighted by Crippen LogP contribution is -2.29. The van der Waals surface area contributed by atoms with Crippen LogP contribution in [0.1, 0.15) is 29.1 Å². The van der Waals surface area contributed by atoms with Crippen LogP contribution < -0.4 is 11.3 Å². The van der Waals surface area contributed by atoms with Gasteiger partial charge in [-0.25, -0.2) is 0 Å². The highest BCUT2D eigenvalue weighted by atomic mass is 32.1. The van der Waals surface area contributed by atoms with Crippen molar-refractivity contribution in [2.75, 3.05) is 0 Å². The standard InChI is InChI=1S/C16H18N4S/c1-2-14-16(21-20-19-14)15(18-17)10-12-8-5-7-11-6-3-4-9-13(11)12/h3-9,15,18H,2,10,17H2,1H3. The van der Waals surface area contributed by atoms with E-state index in [1.165, 1.54) is 27.9 Å². The molecule has 1 unspecified atom stereocenters. The maximum absolute atomic E-state index is 5.78. The SMILES string of the molecule is CCc1nnsc1C(Cc1cccc2ccccc12)NN. The summed E-state index contributed by atoms with van der Waals surface area (Å²) < 4.78 is 4.06. The quantitative estimate of drug-likeness (QED) is 0.561. The zero-order valence-corrected chi connectivity index (χ0v) is 12.7. The van der Waals surface area contributed by atoms with Crippen LogP contribution in [0.5, 0.6) is 0 Å². The molecule has 0 fully saturated rings. The van der Waals surface area contributed by atoms with Gasteiger partial charge >= 0.3 is 0 Å². The number of aryl methyl sites for hydroxylation is 1. The summed E-state index contributed by atoms with van der Waals surface area (Å²) in [5.74, 6) is 5.78. The predicted molar refractivity (Wildman–Crippen MR) is 87.0 cm³/mol. The molecule has 2 aromatic carbocycles. The molecule has 4 nitrogen and oxygen atoms in total. The molecule has 0 spiro atoms. The smallest absolute Gasteiger partial charge is 0.0801 e. The molecule has 0 aliphatic heterocycles. The molecule has 3 aromatic rings. The number of hydrazine groups is 1. The van der Waals surface area contributed by atoms with E-state index in [-0.39, 0.29) is 6.04 Å². The normalized spacial score (nSPS) is 12.7. The largest absolute Gasteiger partial charge is 0.271 e. The van der Waals surface area contributed by atoms with Gasteiger partial charge in [-0.3, -0.25) is 11.3 Å². The topological polar surface area (TPSA) is 63.8 Å². The molecule has 0 radical (unpaired) electrons. The predicted octanol–water partition coefficient (Wildman–Crippen LogP) is 3.00. The van der Waals surface area contributed by atoms with E-state index in [4.69, 9.17) is 5.84 Å². The minimum atomic E-state index is 0.0470. The van der Waals surface area contributed by atoms with Crippen LogP contribution in [0.2, 0.25) is 0 Å². The Balaban J connectivity index is 1.96. The Morgan fingerprint density at radius 3 is 2.81 bits per heavy atom. The van der Waals surface area contributed by atoms with Crippen molar-refractivity contribution in [2.45, 2.75) is 25.8 Å². The van der Waals surface area contributed by atoms with Gasteiger partial charge in [-0.15, -0.1) is 5.10 Å². The fourth-order valence-corrected chi connectivity index (χ4v) is 3.44. The molecule has 0 aliphatic carbocycles. The van der Waals surface area contributed by atoms with Gasteiger partial charge < -0.3 is 0 Å². The first-order valence-corrected chi connectivity index (χ1v) is 7.84. The minimum Gasteiger partial charge on any atom is -0.271 e. The summed E-state index contributed by atoms with van der Waals surface area (Å²) in [5, 5.41) is 6.71. The van der Waals surface area contributed by atoms with Gasteiger partial charge in [0, 0.05) is 0 Å². The number of rotatable bonds is 5. The van der Waals surface area contributed by atoms with Crippen LogP contribution in [0, 0.1) is 0 Å². The maximum Gasteiger partial charge on any atom is 0.0801 e. The Hall–Kier alpha value is -1.82. The number of benzene rings is 2. The Morgan fingerprint density at radius 1 is 1.19 bits per heavy atom. The zero-order valence-electron chi connectivity index (χ0n) is 11.9. The molecule has 0 aliphatic rings. The Bertz CT molecular complexity index is 732. The van der Waals surface area contributed by atoms with E-state index >= 15 is 0 Å². The van der Waals surface area contributed by atoms with Gasteiger partial charge in [-0.2, -0.15) is 0 Å². The van der Waals surface area contributed by atoms with Crippen LogP contribution in [-0.4, -0.2) is 9.59 Å². The van der Waals surface area contributed by atoms with Crippen molar-refractivity contribution in [3.63, 3.8) is 0 Å². The van der Waals surface area contributed by atoms with Crippen LogP contribution >= 0.6 is 11.5 Å². The molecule has 1 heterocycles. The van der Waals surface area contributed by atoms with Crippen LogP contribution in [-0.2, 0) is 12.8 Å². The monoisotopic (exact) mass is 298 g/mol. The van der Waals surface area contributed by atoms with Gasteiger partial charge in [0.05, 0.1) is 16.6 Å². The molecule has 3 N–H and O–H groups in total. The number of nitrogens with two attached hydrogens (primary N) is 1. The molecular formula is C16H18N4S. The molecule has 0 saturated heterocycles. The number of nitrogens with zero attached hydrogens (tertiary/aromatic N) is 2. The number of aromatic nitrogens is 2. The second-order valence-electron chi connectivity index (χ2n) is 5.00. The fourth-order valence-electron chi connectivity index (χ4n) is 2.64. The molecule has 3 rings (SSSR count). The van der Waals surface area contributed by atoms with Crippen LogP contribution in [0.25, 0.3) is 10.8 Å². The summed E-state index contributed by atoms with van der Waals surface area (Å²) in [6.07, 6.45) is 1.70. The maximum atomic E-state index is 5.78. The summed E-state index contributed by atoms with van der Waals surface area (Å²) in [6.45, 7) is 2.09. The number of fused-ring (bicyclic) bond motifs is 1. The van der Waals surface area contributed by atoms with Crippen LogP contribution in [0.4, 0.5) is 0 Å². The van der Waals surface area contributed by atoms with Gasteiger partial charge in [0.1, 0.15) is 0 Å². The van der Waals surface area contributed by atoms with Gasteiger partial charge in [-0.1, -0.05) is 53.9 Å². The highest BCUT2D eigenvalue weighted by molar-refractivity contribution is 7.05. The van der Waals surface area contributed by atoms with Gasteiger partial charge in [-0.05, 0) is 40.7 Å². The summed E-state index contributed by atoms with van der Waals surface area (Å²) in [4.78, 5) is 1.13. The lowest BCUT2D eigenvalue weighted by atomic mass is 9.97. The molecule has 1 atom stereocenters.